The summed E-state index contributed by atoms with van der Waals surface area (Å²) in [6, 6.07) is 7.32. The van der Waals surface area contributed by atoms with Crippen molar-refractivity contribution >= 4 is 11.7 Å². The van der Waals surface area contributed by atoms with Crippen LogP contribution in [0.3, 0.4) is 0 Å². The second kappa shape index (κ2) is 7.51. The number of hydrogen-bond acceptors (Lipinski definition) is 3. The van der Waals surface area contributed by atoms with Crippen LogP contribution in [0.2, 0.25) is 0 Å². The quantitative estimate of drug-likeness (QED) is 0.788. The Hall–Kier alpha value is -2.30. The highest BCUT2D eigenvalue weighted by atomic mass is 16.5. The second-order valence-corrected chi connectivity index (χ2v) is 6.29. The van der Waals surface area contributed by atoms with Gasteiger partial charge in [0.25, 0.3) is 5.91 Å². The normalized spacial score (nSPS) is 12.9. The van der Waals surface area contributed by atoms with Crippen LogP contribution >= 0.6 is 0 Å². The Labute approximate surface area is 143 Å². The SMILES string of the molecule is CCCCCOc1ccc(C(=O)Nc2c3c(nn2C)CCC3)cc1. The Balaban J connectivity index is 1.61. The molecule has 1 aliphatic carbocycles. The van der Waals surface area contributed by atoms with E-state index in [-0.39, 0.29) is 5.91 Å². The third-order valence-corrected chi connectivity index (χ3v) is 4.43. The zero-order chi connectivity index (χ0) is 16.9. The third-order valence-electron chi connectivity index (χ3n) is 4.43. The molecular weight excluding hydrogens is 302 g/mol. The lowest BCUT2D eigenvalue weighted by Crippen LogP contribution is -2.15. The number of aromatic nitrogens is 2. The van der Waals surface area contributed by atoms with Crippen LogP contribution in [0.4, 0.5) is 5.82 Å². The van der Waals surface area contributed by atoms with Crippen LogP contribution in [0.15, 0.2) is 24.3 Å². The third kappa shape index (κ3) is 3.61. The molecule has 0 unspecified atom stereocenters. The van der Waals surface area contributed by atoms with Crippen molar-refractivity contribution in [3.8, 4) is 5.75 Å². The number of aryl methyl sites for hydroxylation is 2. The van der Waals surface area contributed by atoms with E-state index in [0.717, 1.165) is 49.6 Å². The summed E-state index contributed by atoms with van der Waals surface area (Å²) < 4.78 is 7.45. The van der Waals surface area contributed by atoms with Crippen molar-refractivity contribution in [2.75, 3.05) is 11.9 Å². The molecule has 0 radical (unpaired) electrons. The van der Waals surface area contributed by atoms with Crippen molar-refractivity contribution in [1.29, 1.82) is 0 Å². The molecule has 0 bridgehead atoms. The largest absolute Gasteiger partial charge is 0.494 e. The molecule has 5 nitrogen and oxygen atoms in total. The number of rotatable bonds is 7. The number of nitrogens with zero attached hydrogens (tertiary/aromatic N) is 2. The zero-order valence-electron chi connectivity index (χ0n) is 14.5. The number of carbonyl (C=O) groups excluding carboxylic acids is 1. The molecule has 1 aromatic heterocycles. The van der Waals surface area contributed by atoms with Crippen LogP contribution in [0.5, 0.6) is 5.75 Å². The van der Waals surface area contributed by atoms with Crippen molar-refractivity contribution in [1.82, 2.24) is 9.78 Å². The molecule has 1 N–H and O–H groups in total. The van der Waals surface area contributed by atoms with E-state index in [2.05, 4.69) is 17.3 Å². The van der Waals surface area contributed by atoms with E-state index >= 15 is 0 Å². The fourth-order valence-electron chi connectivity index (χ4n) is 3.10. The van der Waals surface area contributed by atoms with Gasteiger partial charge in [0.05, 0.1) is 12.3 Å². The predicted molar refractivity (Wildman–Crippen MR) is 94.6 cm³/mol. The van der Waals surface area contributed by atoms with Crippen LogP contribution < -0.4 is 10.1 Å². The fourth-order valence-corrected chi connectivity index (χ4v) is 3.10. The molecule has 0 aliphatic heterocycles. The monoisotopic (exact) mass is 327 g/mol. The second-order valence-electron chi connectivity index (χ2n) is 6.29. The number of carbonyl (C=O) groups is 1. The van der Waals surface area contributed by atoms with Gasteiger partial charge in [0, 0.05) is 18.2 Å². The first-order chi connectivity index (χ1) is 11.7. The summed E-state index contributed by atoms with van der Waals surface area (Å²) in [5.74, 6) is 1.53. The molecule has 1 aromatic carbocycles. The summed E-state index contributed by atoms with van der Waals surface area (Å²) in [6.07, 6.45) is 6.53. The Bertz CT molecular complexity index is 704. The van der Waals surface area contributed by atoms with Gasteiger partial charge in [0.15, 0.2) is 0 Å². The maximum Gasteiger partial charge on any atom is 0.256 e. The summed E-state index contributed by atoms with van der Waals surface area (Å²) in [7, 11) is 1.88. The number of anilines is 1. The highest BCUT2D eigenvalue weighted by Gasteiger charge is 2.22. The summed E-state index contributed by atoms with van der Waals surface area (Å²) >= 11 is 0. The number of amides is 1. The summed E-state index contributed by atoms with van der Waals surface area (Å²) in [6.45, 7) is 2.89. The molecule has 1 heterocycles. The smallest absolute Gasteiger partial charge is 0.256 e. The highest BCUT2D eigenvalue weighted by molar-refractivity contribution is 6.04. The maximum absolute atomic E-state index is 12.5. The van der Waals surface area contributed by atoms with Crippen LogP contribution in [-0.4, -0.2) is 22.3 Å². The lowest BCUT2D eigenvalue weighted by Gasteiger charge is -2.09. The van der Waals surface area contributed by atoms with Gasteiger partial charge in [0.1, 0.15) is 11.6 Å². The predicted octanol–water partition coefficient (Wildman–Crippen LogP) is 3.73. The van der Waals surface area contributed by atoms with Crippen molar-refractivity contribution in [3.63, 3.8) is 0 Å². The van der Waals surface area contributed by atoms with E-state index in [9.17, 15) is 4.79 Å². The number of nitrogens with one attached hydrogen (secondary N) is 1. The first-order valence-corrected chi connectivity index (χ1v) is 8.78. The van der Waals surface area contributed by atoms with Crippen LogP contribution in [0.1, 0.15) is 54.2 Å². The summed E-state index contributed by atoms with van der Waals surface area (Å²) in [5, 5.41) is 7.49. The fraction of sp³-hybridized carbons (Fsp3) is 0.474. The van der Waals surface area contributed by atoms with Crippen molar-refractivity contribution < 1.29 is 9.53 Å². The first-order valence-electron chi connectivity index (χ1n) is 8.78. The van der Waals surface area contributed by atoms with E-state index in [1.54, 1.807) is 16.8 Å². The molecule has 3 rings (SSSR count). The van der Waals surface area contributed by atoms with Gasteiger partial charge in [-0.3, -0.25) is 9.48 Å². The number of ether oxygens (including phenoxy) is 1. The number of hydrogen-bond donors (Lipinski definition) is 1. The van der Waals surface area contributed by atoms with Gasteiger partial charge < -0.3 is 10.1 Å². The van der Waals surface area contributed by atoms with Gasteiger partial charge in [-0.15, -0.1) is 0 Å². The minimum atomic E-state index is -0.106. The van der Waals surface area contributed by atoms with Gasteiger partial charge >= 0.3 is 0 Å². The molecule has 0 saturated carbocycles. The molecule has 24 heavy (non-hydrogen) atoms. The molecular formula is C19H25N3O2. The summed E-state index contributed by atoms with van der Waals surface area (Å²) in [4.78, 5) is 12.5. The van der Waals surface area contributed by atoms with E-state index in [0.29, 0.717) is 5.56 Å². The van der Waals surface area contributed by atoms with Gasteiger partial charge in [-0.25, -0.2) is 0 Å². The number of benzene rings is 1. The van der Waals surface area contributed by atoms with Gasteiger partial charge in [-0.2, -0.15) is 5.10 Å². The number of fused-ring (bicyclic) bond motifs is 1. The Kier molecular flexibility index (Phi) is 5.18. The Morgan fingerprint density at radius 1 is 1.25 bits per heavy atom. The van der Waals surface area contributed by atoms with Gasteiger partial charge in [0.2, 0.25) is 0 Å². The minimum absolute atomic E-state index is 0.106. The average molecular weight is 327 g/mol. The Morgan fingerprint density at radius 3 is 2.79 bits per heavy atom. The van der Waals surface area contributed by atoms with Gasteiger partial charge in [-0.05, 0) is 49.9 Å². The lowest BCUT2D eigenvalue weighted by atomic mass is 10.2. The Morgan fingerprint density at radius 2 is 2.04 bits per heavy atom. The zero-order valence-corrected chi connectivity index (χ0v) is 14.5. The van der Waals surface area contributed by atoms with Crippen molar-refractivity contribution in [2.45, 2.75) is 45.4 Å². The van der Waals surface area contributed by atoms with Crippen LogP contribution in [0, 0.1) is 0 Å². The van der Waals surface area contributed by atoms with E-state index < -0.39 is 0 Å². The average Bonchev–Trinajstić information content (AvgIpc) is 3.15. The minimum Gasteiger partial charge on any atom is -0.494 e. The van der Waals surface area contributed by atoms with Crippen molar-refractivity contribution in [3.05, 3.63) is 41.1 Å². The molecule has 128 valence electrons. The van der Waals surface area contributed by atoms with Crippen LogP contribution in [-0.2, 0) is 19.9 Å². The van der Waals surface area contributed by atoms with Crippen LogP contribution in [0.25, 0.3) is 0 Å². The van der Waals surface area contributed by atoms with Gasteiger partial charge in [-0.1, -0.05) is 19.8 Å². The standard InChI is InChI=1S/C19H25N3O2/c1-3-4-5-13-24-15-11-9-14(10-12-15)19(23)20-18-16-7-6-8-17(16)21-22(18)2/h9-12H,3-8,13H2,1-2H3,(H,20,23). The molecule has 1 amide bonds. The molecule has 0 saturated heterocycles. The molecule has 0 fully saturated rings. The molecule has 5 heteroatoms. The van der Waals surface area contributed by atoms with E-state index in [1.807, 2.05) is 19.2 Å². The topological polar surface area (TPSA) is 56.1 Å². The molecule has 2 aromatic rings. The molecule has 0 atom stereocenters. The summed E-state index contributed by atoms with van der Waals surface area (Å²) in [5.41, 5.74) is 2.93. The maximum atomic E-state index is 12.5. The van der Waals surface area contributed by atoms with E-state index in [4.69, 9.17) is 4.74 Å². The molecule has 1 aliphatic rings. The lowest BCUT2D eigenvalue weighted by molar-refractivity contribution is 0.102. The van der Waals surface area contributed by atoms with Crippen molar-refractivity contribution in [2.24, 2.45) is 7.05 Å². The van der Waals surface area contributed by atoms with E-state index in [1.165, 1.54) is 18.4 Å². The molecule has 0 spiro atoms. The first kappa shape index (κ1) is 16.6. The number of unbranched alkanes of at least 4 members (excludes halogenated alkanes) is 2. The highest BCUT2D eigenvalue weighted by Crippen LogP contribution is 2.28.